The van der Waals surface area contributed by atoms with Crippen molar-refractivity contribution in [3.05, 3.63) is 15.8 Å². The minimum Gasteiger partial charge on any atom is -0.361 e. The Hall–Kier alpha value is -1.63. The number of likely N-dealkylation sites (tertiary alicyclic amines) is 1. The van der Waals surface area contributed by atoms with E-state index >= 15 is 0 Å². The number of nitro groups is 1. The zero-order chi connectivity index (χ0) is 14.0. The smallest absolute Gasteiger partial charge is 0.333 e. The van der Waals surface area contributed by atoms with E-state index in [1.807, 2.05) is 6.92 Å². The second-order valence-corrected chi connectivity index (χ2v) is 5.22. The lowest BCUT2D eigenvalue weighted by atomic mass is 10.3. The molecule has 1 aliphatic heterocycles. The first-order valence-electron chi connectivity index (χ1n) is 6.66. The molecule has 2 rings (SSSR count). The van der Waals surface area contributed by atoms with Crippen LogP contribution in [-0.2, 0) is 7.05 Å². The Morgan fingerprint density at radius 1 is 1.47 bits per heavy atom. The van der Waals surface area contributed by atoms with Crippen LogP contribution in [0, 0.1) is 17.0 Å². The standard InChI is InChI=1S/C12H21N5O2/c1-9(8-16-6-4-5-7-16)13-12-11(17(18)19)10(2)14-15(12)3/h9,13H,4-8H2,1-3H3. The number of nitrogens with one attached hydrogen (secondary N) is 1. The minimum absolute atomic E-state index is 0.0794. The van der Waals surface area contributed by atoms with Gasteiger partial charge in [-0.05, 0) is 39.8 Å². The summed E-state index contributed by atoms with van der Waals surface area (Å²) in [5.41, 5.74) is 0.527. The fraction of sp³-hybridized carbons (Fsp3) is 0.750. The molecule has 0 aliphatic carbocycles. The second kappa shape index (κ2) is 5.56. The molecule has 19 heavy (non-hydrogen) atoms. The van der Waals surface area contributed by atoms with Crippen LogP contribution in [0.4, 0.5) is 11.5 Å². The number of hydrogen-bond acceptors (Lipinski definition) is 5. The van der Waals surface area contributed by atoms with E-state index in [4.69, 9.17) is 0 Å². The molecule has 1 aromatic heterocycles. The summed E-state index contributed by atoms with van der Waals surface area (Å²) < 4.78 is 1.55. The quantitative estimate of drug-likeness (QED) is 0.646. The highest BCUT2D eigenvalue weighted by molar-refractivity contribution is 5.59. The molecule has 106 valence electrons. The van der Waals surface area contributed by atoms with Crippen LogP contribution in [0.2, 0.25) is 0 Å². The van der Waals surface area contributed by atoms with Gasteiger partial charge in [-0.3, -0.25) is 10.1 Å². The van der Waals surface area contributed by atoms with Crippen molar-refractivity contribution in [1.82, 2.24) is 14.7 Å². The average molecular weight is 267 g/mol. The fourth-order valence-electron chi connectivity index (χ4n) is 2.66. The normalized spacial score (nSPS) is 17.6. The number of rotatable bonds is 5. The molecule has 7 nitrogen and oxygen atoms in total. The molecule has 0 aromatic carbocycles. The maximum atomic E-state index is 11.1. The molecule has 0 saturated carbocycles. The van der Waals surface area contributed by atoms with Crippen molar-refractivity contribution in [1.29, 1.82) is 0 Å². The summed E-state index contributed by atoms with van der Waals surface area (Å²) in [5, 5.41) is 18.4. The summed E-state index contributed by atoms with van der Waals surface area (Å²) in [6, 6.07) is 0.159. The molecule has 0 bridgehead atoms. The zero-order valence-corrected chi connectivity index (χ0v) is 11.7. The molecule has 1 unspecified atom stereocenters. The summed E-state index contributed by atoms with van der Waals surface area (Å²) in [4.78, 5) is 13.1. The van der Waals surface area contributed by atoms with Gasteiger partial charge in [0.25, 0.3) is 0 Å². The molecular weight excluding hydrogens is 246 g/mol. The first-order valence-corrected chi connectivity index (χ1v) is 6.66. The average Bonchev–Trinajstić information content (AvgIpc) is 2.88. The Balaban J connectivity index is 2.07. The summed E-state index contributed by atoms with van der Waals surface area (Å²) in [6.07, 6.45) is 2.50. The molecule has 1 aromatic rings. The van der Waals surface area contributed by atoms with E-state index in [2.05, 4.69) is 15.3 Å². The van der Waals surface area contributed by atoms with Crippen LogP contribution in [0.3, 0.4) is 0 Å². The highest BCUT2D eigenvalue weighted by Gasteiger charge is 2.25. The van der Waals surface area contributed by atoms with E-state index < -0.39 is 0 Å². The van der Waals surface area contributed by atoms with Gasteiger partial charge < -0.3 is 10.2 Å². The monoisotopic (exact) mass is 267 g/mol. The van der Waals surface area contributed by atoms with Crippen LogP contribution in [0.25, 0.3) is 0 Å². The van der Waals surface area contributed by atoms with E-state index in [-0.39, 0.29) is 16.7 Å². The molecule has 1 aliphatic rings. The highest BCUT2D eigenvalue weighted by atomic mass is 16.6. The van der Waals surface area contributed by atoms with Crippen LogP contribution >= 0.6 is 0 Å². The van der Waals surface area contributed by atoms with Gasteiger partial charge in [-0.2, -0.15) is 5.10 Å². The van der Waals surface area contributed by atoms with Crippen LogP contribution < -0.4 is 5.32 Å². The number of nitrogens with zero attached hydrogens (tertiary/aromatic N) is 4. The van der Waals surface area contributed by atoms with E-state index in [0.717, 1.165) is 19.6 Å². The maximum Gasteiger partial charge on any atom is 0.333 e. The summed E-state index contributed by atoms with van der Waals surface area (Å²) in [6.45, 7) is 6.86. The van der Waals surface area contributed by atoms with Crippen LogP contribution in [0.15, 0.2) is 0 Å². The third kappa shape index (κ3) is 3.04. The summed E-state index contributed by atoms with van der Waals surface area (Å²) in [5.74, 6) is 0.495. The molecule has 0 amide bonds. The van der Waals surface area contributed by atoms with Crippen molar-refractivity contribution in [2.75, 3.05) is 25.0 Å². The first-order chi connectivity index (χ1) is 8.99. The number of aromatic nitrogens is 2. The Morgan fingerprint density at radius 2 is 2.11 bits per heavy atom. The fourth-order valence-corrected chi connectivity index (χ4v) is 2.66. The number of hydrogen-bond donors (Lipinski definition) is 1. The molecule has 7 heteroatoms. The minimum atomic E-state index is -0.368. The van der Waals surface area contributed by atoms with Gasteiger partial charge >= 0.3 is 5.69 Å². The van der Waals surface area contributed by atoms with Crippen molar-refractivity contribution in [3.63, 3.8) is 0 Å². The van der Waals surface area contributed by atoms with Gasteiger partial charge in [0.15, 0.2) is 0 Å². The van der Waals surface area contributed by atoms with Crippen molar-refractivity contribution >= 4 is 11.5 Å². The molecule has 1 fully saturated rings. The molecule has 1 atom stereocenters. The number of aryl methyl sites for hydroxylation is 2. The molecule has 0 radical (unpaired) electrons. The topological polar surface area (TPSA) is 76.2 Å². The van der Waals surface area contributed by atoms with Crippen molar-refractivity contribution in [2.45, 2.75) is 32.7 Å². The Labute approximate surface area is 112 Å². The van der Waals surface area contributed by atoms with Crippen LogP contribution in [0.5, 0.6) is 0 Å². The van der Waals surface area contributed by atoms with Crippen LogP contribution in [0.1, 0.15) is 25.5 Å². The molecule has 0 spiro atoms. The van der Waals surface area contributed by atoms with Gasteiger partial charge in [0.1, 0.15) is 5.69 Å². The van der Waals surface area contributed by atoms with E-state index in [0.29, 0.717) is 11.5 Å². The Bertz CT molecular complexity index is 465. The first kappa shape index (κ1) is 13.8. The lowest BCUT2D eigenvalue weighted by molar-refractivity contribution is -0.384. The van der Waals surface area contributed by atoms with Crippen molar-refractivity contribution in [2.24, 2.45) is 7.05 Å². The third-order valence-electron chi connectivity index (χ3n) is 3.49. The van der Waals surface area contributed by atoms with Crippen molar-refractivity contribution < 1.29 is 4.92 Å². The van der Waals surface area contributed by atoms with Gasteiger partial charge in [-0.25, -0.2) is 4.68 Å². The molecular formula is C12H21N5O2. The van der Waals surface area contributed by atoms with Gasteiger partial charge in [0, 0.05) is 19.6 Å². The van der Waals surface area contributed by atoms with E-state index in [1.165, 1.54) is 12.8 Å². The molecule has 1 saturated heterocycles. The van der Waals surface area contributed by atoms with Gasteiger partial charge in [-0.15, -0.1) is 0 Å². The third-order valence-corrected chi connectivity index (χ3v) is 3.49. The maximum absolute atomic E-state index is 11.1. The molecule has 2 heterocycles. The SMILES string of the molecule is Cc1nn(C)c(NC(C)CN2CCCC2)c1[N+](=O)[O-]. The van der Waals surface area contributed by atoms with Gasteiger partial charge in [0.2, 0.25) is 5.82 Å². The summed E-state index contributed by atoms with van der Waals surface area (Å²) >= 11 is 0. The zero-order valence-electron chi connectivity index (χ0n) is 11.7. The predicted octanol–water partition coefficient (Wildman–Crippen LogP) is 1.53. The van der Waals surface area contributed by atoms with Gasteiger partial charge in [0.05, 0.1) is 4.92 Å². The summed E-state index contributed by atoms with van der Waals surface area (Å²) in [7, 11) is 1.73. The van der Waals surface area contributed by atoms with Crippen molar-refractivity contribution in [3.8, 4) is 0 Å². The van der Waals surface area contributed by atoms with Gasteiger partial charge in [-0.1, -0.05) is 0 Å². The lowest BCUT2D eigenvalue weighted by Crippen LogP contribution is -2.33. The Kier molecular flexibility index (Phi) is 4.04. The Morgan fingerprint density at radius 3 is 2.68 bits per heavy atom. The lowest BCUT2D eigenvalue weighted by Gasteiger charge is -2.21. The van der Waals surface area contributed by atoms with E-state index in [1.54, 1.807) is 18.7 Å². The number of anilines is 1. The largest absolute Gasteiger partial charge is 0.361 e. The predicted molar refractivity (Wildman–Crippen MR) is 73.4 cm³/mol. The molecule has 1 N–H and O–H groups in total. The second-order valence-electron chi connectivity index (χ2n) is 5.22. The highest BCUT2D eigenvalue weighted by Crippen LogP contribution is 2.27. The van der Waals surface area contributed by atoms with E-state index in [9.17, 15) is 10.1 Å². The van der Waals surface area contributed by atoms with Crippen LogP contribution in [-0.4, -0.2) is 45.3 Å².